The van der Waals surface area contributed by atoms with Crippen molar-refractivity contribution in [2.45, 2.75) is 24.3 Å². The van der Waals surface area contributed by atoms with Gasteiger partial charge in [0.05, 0.1) is 18.1 Å². The summed E-state index contributed by atoms with van der Waals surface area (Å²) in [4.78, 5) is 29.3. The standard InChI is InChI=1S/C15H14ClF3N4O2S2/c16-14-10(8-22(21-14)9-2-1-4-20-7-9)23(12(24)3-5-26)13(25)6-11(27)15(17,18)19/h1-2,4,7-8,11,26-27H,3,5-6H2. The molecule has 2 aromatic heterocycles. The number of hydrogen-bond acceptors (Lipinski definition) is 6. The predicted octanol–water partition coefficient (Wildman–Crippen LogP) is 3.35. The molecule has 0 saturated carbocycles. The van der Waals surface area contributed by atoms with Crippen LogP contribution in [0, 0.1) is 0 Å². The van der Waals surface area contributed by atoms with Crippen LogP contribution in [0.5, 0.6) is 0 Å². The SMILES string of the molecule is O=C(CCS)N(C(=O)CC(S)C(F)(F)F)c1cn(-c2cccnc2)nc1Cl. The highest BCUT2D eigenvalue weighted by molar-refractivity contribution is 7.81. The summed E-state index contributed by atoms with van der Waals surface area (Å²) in [5.41, 5.74) is 0.363. The van der Waals surface area contributed by atoms with Crippen molar-refractivity contribution in [3.8, 4) is 5.69 Å². The van der Waals surface area contributed by atoms with Gasteiger partial charge in [0.25, 0.3) is 0 Å². The second-order valence-electron chi connectivity index (χ2n) is 5.32. The molecule has 12 heteroatoms. The van der Waals surface area contributed by atoms with Crippen molar-refractivity contribution in [3.05, 3.63) is 35.9 Å². The second-order valence-corrected chi connectivity index (χ2v) is 6.75. The molecular formula is C15H14ClF3N4O2S2. The average molecular weight is 439 g/mol. The van der Waals surface area contributed by atoms with Crippen molar-refractivity contribution in [2.75, 3.05) is 10.7 Å². The van der Waals surface area contributed by atoms with Crippen molar-refractivity contribution in [3.63, 3.8) is 0 Å². The molecule has 2 heterocycles. The number of anilines is 1. The second kappa shape index (κ2) is 8.98. The number of rotatable bonds is 6. The van der Waals surface area contributed by atoms with Crippen LogP contribution in [0.15, 0.2) is 30.7 Å². The van der Waals surface area contributed by atoms with Gasteiger partial charge < -0.3 is 0 Å². The van der Waals surface area contributed by atoms with E-state index in [1.165, 1.54) is 23.3 Å². The quantitative estimate of drug-likeness (QED) is 0.679. The zero-order valence-electron chi connectivity index (χ0n) is 13.6. The van der Waals surface area contributed by atoms with Gasteiger partial charge in [0, 0.05) is 19.0 Å². The Hall–Kier alpha value is -1.72. The lowest BCUT2D eigenvalue weighted by Gasteiger charge is -2.22. The molecule has 1 atom stereocenters. The lowest BCUT2D eigenvalue weighted by molar-refractivity contribution is -0.140. The first-order chi connectivity index (χ1) is 12.6. The molecule has 0 radical (unpaired) electrons. The fourth-order valence-corrected chi connectivity index (χ4v) is 2.67. The molecule has 0 aliphatic carbocycles. The molecule has 0 aliphatic rings. The van der Waals surface area contributed by atoms with Crippen LogP contribution >= 0.6 is 36.9 Å². The Bertz CT molecular complexity index is 817. The third kappa shape index (κ3) is 5.39. The molecule has 2 rings (SSSR count). The largest absolute Gasteiger partial charge is 0.400 e. The monoisotopic (exact) mass is 438 g/mol. The van der Waals surface area contributed by atoms with Crippen LogP contribution in [0.4, 0.5) is 18.9 Å². The molecule has 0 aromatic carbocycles. The van der Waals surface area contributed by atoms with Crippen LogP contribution < -0.4 is 4.90 Å². The normalized spacial score (nSPS) is 12.7. The molecule has 0 fully saturated rings. The van der Waals surface area contributed by atoms with Crippen molar-refractivity contribution in [1.82, 2.24) is 14.8 Å². The molecule has 0 aliphatic heterocycles. The molecule has 2 aromatic rings. The van der Waals surface area contributed by atoms with E-state index in [9.17, 15) is 22.8 Å². The maximum absolute atomic E-state index is 12.7. The van der Waals surface area contributed by atoms with Gasteiger partial charge in [-0.05, 0) is 17.9 Å². The summed E-state index contributed by atoms with van der Waals surface area (Å²) >= 11 is 13.4. The van der Waals surface area contributed by atoms with E-state index in [0.717, 1.165) is 0 Å². The number of aromatic nitrogens is 3. The summed E-state index contributed by atoms with van der Waals surface area (Å²) in [6.07, 6.45) is -1.63. The average Bonchev–Trinajstić information content (AvgIpc) is 2.97. The first kappa shape index (κ1) is 21.6. The van der Waals surface area contributed by atoms with Crippen LogP contribution in [0.3, 0.4) is 0 Å². The number of hydrogen-bond donors (Lipinski definition) is 2. The van der Waals surface area contributed by atoms with Gasteiger partial charge in [0.1, 0.15) is 10.9 Å². The minimum absolute atomic E-state index is 0.0978. The first-order valence-corrected chi connectivity index (χ1v) is 9.04. The van der Waals surface area contributed by atoms with E-state index in [1.54, 1.807) is 12.1 Å². The lowest BCUT2D eigenvalue weighted by atomic mass is 10.2. The smallest absolute Gasteiger partial charge is 0.274 e. The Morgan fingerprint density at radius 1 is 1.33 bits per heavy atom. The summed E-state index contributed by atoms with van der Waals surface area (Å²) in [5.74, 6) is -1.74. The van der Waals surface area contributed by atoms with Crippen LogP contribution in [0.25, 0.3) is 5.69 Å². The summed E-state index contributed by atoms with van der Waals surface area (Å²) in [6, 6.07) is 3.28. The zero-order valence-corrected chi connectivity index (χ0v) is 16.1. The molecule has 27 heavy (non-hydrogen) atoms. The Morgan fingerprint density at radius 2 is 2.04 bits per heavy atom. The fraction of sp³-hybridized carbons (Fsp3) is 0.333. The van der Waals surface area contributed by atoms with Gasteiger partial charge in [-0.3, -0.25) is 14.6 Å². The first-order valence-electron chi connectivity index (χ1n) is 7.52. The van der Waals surface area contributed by atoms with E-state index in [-0.39, 0.29) is 23.0 Å². The van der Waals surface area contributed by atoms with E-state index >= 15 is 0 Å². The number of halogens is 4. The molecule has 2 amide bonds. The van der Waals surface area contributed by atoms with E-state index in [2.05, 4.69) is 35.3 Å². The number of carbonyl (C=O) groups excluding carboxylic acids is 2. The highest BCUT2D eigenvalue weighted by atomic mass is 35.5. The van der Waals surface area contributed by atoms with Gasteiger partial charge in [0.2, 0.25) is 11.8 Å². The lowest BCUT2D eigenvalue weighted by Crippen LogP contribution is -2.40. The van der Waals surface area contributed by atoms with E-state index in [1.807, 2.05) is 0 Å². The predicted molar refractivity (Wildman–Crippen MR) is 101 cm³/mol. The Kier molecular flexibility index (Phi) is 7.18. The van der Waals surface area contributed by atoms with Gasteiger partial charge in [-0.15, -0.1) is 0 Å². The number of carbonyl (C=O) groups is 2. The Morgan fingerprint density at radius 3 is 2.59 bits per heavy atom. The van der Waals surface area contributed by atoms with Crippen LogP contribution in [-0.2, 0) is 9.59 Å². The number of alkyl halides is 3. The van der Waals surface area contributed by atoms with Crippen molar-refractivity contribution in [1.29, 1.82) is 0 Å². The molecule has 0 spiro atoms. The maximum atomic E-state index is 12.7. The molecule has 0 N–H and O–H groups in total. The van der Waals surface area contributed by atoms with Gasteiger partial charge in [0.15, 0.2) is 5.15 Å². The third-order valence-corrected chi connectivity index (χ3v) is 4.34. The topological polar surface area (TPSA) is 68.1 Å². The summed E-state index contributed by atoms with van der Waals surface area (Å²) in [5, 5.41) is 1.55. The molecule has 0 bridgehead atoms. The number of pyridine rings is 1. The summed E-state index contributed by atoms with van der Waals surface area (Å²) in [6.45, 7) is 0. The fourth-order valence-electron chi connectivity index (χ4n) is 2.10. The van der Waals surface area contributed by atoms with Gasteiger partial charge in [-0.25, -0.2) is 9.58 Å². The molecular weight excluding hydrogens is 425 g/mol. The minimum atomic E-state index is -4.69. The van der Waals surface area contributed by atoms with E-state index < -0.39 is 29.7 Å². The minimum Gasteiger partial charge on any atom is -0.274 e. The van der Waals surface area contributed by atoms with E-state index in [0.29, 0.717) is 10.6 Å². The Balaban J connectivity index is 2.39. The molecule has 1 unspecified atom stereocenters. The van der Waals surface area contributed by atoms with E-state index in [4.69, 9.17) is 11.6 Å². The Labute approximate surface area is 168 Å². The van der Waals surface area contributed by atoms with Crippen LogP contribution in [0.2, 0.25) is 5.15 Å². The van der Waals surface area contributed by atoms with Crippen molar-refractivity contribution < 1.29 is 22.8 Å². The maximum Gasteiger partial charge on any atom is 0.400 e. The molecule has 0 saturated heterocycles. The molecule has 6 nitrogen and oxygen atoms in total. The van der Waals surface area contributed by atoms with Gasteiger partial charge in [-0.1, -0.05) is 11.6 Å². The van der Waals surface area contributed by atoms with Crippen LogP contribution in [0.1, 0.15) is 12.8 Å². The van der Waals surface area contributed by atoms with Crippen LogP contribution in [-0.4, -0.2) is 43.8 Å². The number of amides is 2. The summed E-state index contributed by atoms with van der Waals surface area (Å²) in [7, 11) is 0. The summed E-state index contributed by atoms with van der Waals surface area (Å²) < 4.78 is 39.5. The van der Waals surface area contributed by atoms with Crippen molar-refractivity contribution >= 4 is 54.4 Å². The van der Waals surface area contributed by atoms with Crippen molar-refractivity contribution in [2.24, 2.45) is 0 Å². The highest BCUT2D eigenvalue weighted by Crippen LogP contribution is 2.31. The number of thiol groups is 2. The van der Waals surface area contributed by atoms with Gasteiger partial charge in [-0.2, -0.15) is 43.5 Å². The zero-order chi connectivity index (χ0) is 20.2. The van der Waals surface area contributed by atoms with Gasteiger partial charge >= 0.3 is 6.18 Å². The molecule has 146 valence electrons. The third-order valence-electron chi connectivity index (χ3n) is 3.37. The highest BCUT2D eigenvalue weighted by Gasteiger charge is 2.40. The number of imide groups is 1. The number of nitrogens with zero attached hydrogens (tertiary/aromatic N) is 4.